The summed E-state index contributed by atoms with van der Waals surface area (Å²) in [7, 11) is 1.59. The molecule has 0 aliphatic carbocycles. The molecule has 0 bridgehead atoms. The number of nitrogens with one attached hydrogen (secondary N) is 1. The molecule has 1 N–H and O–H groups in total. The summed E-state index contributed by atoms with van der Waals surface area (Å²) in [6, 6.07) is 12.6. The van der Waals surface area contributed by atoms with Gasteiger partial charge in [0.25, 0.3) is 5.89 Å². The van der Waals surface area contributed by atoms with E-state index in [9.17, 15) is 9.18 Å². The van der Waals surface area contributed by atoms with E-state index < -0.39 is 6.04 Å². The Morgan fingerprint density at radius 2 is 1.97 bits per heavy atom. The van der Waals surface area contributed by atoms with E-state index in [0.29, 0.717) is 48.0 Å². The number of ether oxygens (including phenoxy) is 2. The van der Waals surface area contributed by atoms with Crippen LogP contribution in [-0.4, -0.2) is 47.4 Å². The third-order valence-electron chi connectivity index (χ3n) is 5.76. The van der Waals surface area contributed by atoms with Crippen molar-refractivity contribution >= 4 is 11.6 Å². The van der Waals surface area contributed by atoms with Crippen LogP contribution in [0.3, 0.4) is 0 Å². The summed E-state index contributed by atoms with van der Waals surface area (Å²) in [4.78, 5) is 19.4. The van der Waals surface area contributed by atoms with E-state index in [1.807, 2.05) is 45.0 Å². The first-order valence-electron chi connectivity index (χ1n) is 11.5. The van der Waals surface area contributed by atoms with Gasteiger partial charge in [0.05, 0.1) is 24.8 Å². The zero-order valence-corrected chi connectivity index (χ0v) is 20.2. The normalized spacial score (nSPS) is 16.1. The summed E-state index contributed by atoms with van der Waals surface area (Å²) in [5, 5.41) is 7.18. The van der Waals surface area contributed by atoms with E-state index in [4.69, 9.17) is 14.0 Å². The number of rotatable bonds is 9. The molecule has 1 aliphatic rings. The van der Waals surface area contributed by atoms with Crippen LogP contribution in [0.25, 0.3) is 17.0 Å². The minimum atomic E-state index is -0.526. The Kier molecular flexibility index (Phi) is 7.45. The highest BCUT2D eigenvalue weighted by molar-refractivity contribution is 5.87. The maximum Gasteiger partial charge on any atom is 0.322 e. The molecule has 0 radical (unpaired) electrons. The highest BCUT2D eigenvalue weighted by atomic mass is 19.1. The van der Waals surface area contributed by atoms with Crippen LogP contribution in [0.4, 0.5) is 9.18 Å². The first kappa shape index (κ1) is 24.4. The number of amides is 2. The van der Waals surface area contributed by atoms with Crippen molar-refractivity contribution < 1.29 is 23.2 Å². The Morgan fingerprint density at radius 1 is 1.20 bits per heavy atom. The molecule has 35 heavy (non-hydrogen) atoms. The topological polar surface area (TPSA) is 89.7 Å². The zero-order valence-electron chi connectivity index (χ0n) is 20.2. The number of carbonyl (C=O) groups is 1. The molecule has 1 atom stereocenters. The van der Waals surface area contributed by atoms with Crippen molar-refractivity contribution in [3.05, 3.63) is 71.5 Å². The average Bonchev–Trinajstić information content (AvgIpc) is 3.33. The molecule has 3 aromatic rings. The number of urea groups is 1. The number of halogens is 1. The fourth-order valence-corrected chi connectivity index (χ4v) is 3.99. The Bertz CT molecular complexity index is 1210. The van der Waals surface area contributed by atoms with Gasteiger partial charge >= 0.3 is 6.03 Å². The van der Waals surface area contributed by atoms with Crippen LogP contribution in [0, 0.1) is 5.82 Å². The molecule has 1 aromatic heterocycles. The largest absolute Gasteiger partial charge is 0.497 e. The highest BCUT2D eigenvalue weighted by Gasteiger charge is 2.35. The second-order valence-corrected chi connectivity index (χ2v) is 8.51. The second kappa shape index (κ2) is 10.7. The van der Waals surface area contributed by atoms with Crippen LogP contribution < -0.4 is 10.1 Å². The minimum absolute atomic E-state index is 0.123. The number of benzene rings is 2. The number of carbonyl (C=O) groups excluding carboxylic acids is 1. The summed E-state index contributed by atoms with van der Waals surface area (Å²) in [6.45, 7) is 6.83. The summed E-state index contributed by atoms with van der Waals surface area (Å²) in [5.74, 6) is 0.928. The van der Waals surface area contributed by atoms with E-state index in [0.717, 1.165) is 5.56 Å². The van der Waals surface area contributed by atoms with Crippen molar-refractivity contribution in [2.75, 3.05) is 20.3 Å². The number of nitrogens with zero attached hydrogens (tertiary/aromatic N) is 3. The van der Waals surface area contributed by atoms with E-state index in [1.54, 1.807) is 24.1 Å². The number of aromatic nitrogens is 2. The van der Waals surface area contributed by atoms with Gasteiger partial charge in [0.1, 0.15) is 11.6 Å². The summed E-state index contributed by atoms with van der Waals surface area (Å²) in [6.07, 6.45) is 0.795. The molecular weight excluding hydrogens is 451 g/mol. The van der Waals surface area contributed by atoms with Crippen LogP contribution in [0.2, 0.25) is 0 Å². The lowest BCUT2D eigenvalue weighted by Gasteiger charge is -2.35. The minimum Gasteiger partial charge on any atom is -0.497 e. The van der Waals surface area contributed by atoms with Gasteiger partial charge in [0.2, 0.25) is 5.82 Å². The molecule has 1 unspecified atom stereocenters. The van der Waals surface area contributed by atoms with Crippen molar-refractivity contribution in [3.63, 3.8) is 0 Å². The molecule has 2 heterocycles. The maximum atomic E-state index is 13.4. The molecule has 0 spiro atoms. The summed E-state index contributed by atoms with van der Waals surface area (Å²) < 4.78 is 30.0. The standard InChI is InChI=1S/C26H29FN4O4/c1-16(2)34-14-6-13-31-17(3)22(23(28-26(31)32)19-7-5-8-21(15-19)33-4)25-29-24(30-35-25)18-9-11-20(27)12-10-18/h5,7-12,15-16,23H,6,13-14H2,1-4H3,(H,28,32). The van der Waals surface area contributed by atoms with E-state index in [1.165, 1.54) is 12.1 Å². The van der Waals surface area contributed by atoms with Gasteiger partial charge in [-0.3, -0.25) is 4.90 Å². The van der Waals surface area contributed by atoms with Crippen LogP contribution in [0.1, 0.15) is 44.7 Å². The molecule has 8 nitrogen and oxygen atoms in total. The maximum absolute atomic E-state index is 13.4. The third-order valence-corrected chi connectivity index (χ3v) is 5.76. The Labute approximate surface area is 203 Å². The summed E-state index contributed by atoms with van der Waals surface area (Å²) in [5.41, 5.74) is 2.83. The second-order valence-electron chi connectivity index (χ2n) is 8.51. The Hall–Kier alpha value is -3.72. The number of hydrogen-bond donors (Lipinski definition) is 1. The molecule has 0 saturated heterocycles. The lowest BCUT2D eigenvalue weighted by Crippen LogP contribution is -2.46. The Balaban J connectivity index is 1.72. The monoisotopic (exact) mass is 480 g/mol. The molecule has 184 valence electrons. The first-order valence-corrected chi connectivity index (χ1v) is 11.5. The van der Waals surface area contributed by atoms with E-state index in [-0.39, 0.29) is 23.8 Å². The van der Waals surface area contributed by atoms with Gasteiger partial charge in [-0.05, 0) is 69.2 Å². The van der Waals surface area contributed by atoms with Crippen LogP contribution in [-0.2, 0) is 4.74 Å². The van der Waals surface area contributed by atoms with Gasteiger partial charge in [-0.2, -0.15) is 4.98 Å². The molecule has 4 rings (SSSR count). The first-order chi connectivity index (χ1) is 16.9. The predicted molar refractivity (Wildman–Crippen MR) is 129 cm³/mol. The van der Waals surface area contributed by atoms with Crippen molar-refractivity contribution in [1.82, 2.24) is 20.4 Å². The molecule has 2 amide bonds. The lowest BCUT2D eigenvalue weighted by molar-refractivity contribution is 0.0736. The molecular formula is C26H29FN4O4. The smallest absolute Gasteiger partial charge is 0.322 e. The van der Waals surface area contributed by atoms with Crippen LogP contribution >= 0.6 is 0 Å². The van der Waals surface area contributed by atoms with Crippen molar-refractivity contribution in [2.24, 2.45) is 0 Å². The molecule has 9 heteroatoms. The number of methoxy groups -OCH3 is 1. The lowest BCUT2D eigenvalue weighted by atomic mass is 9.94. The third kappa shape index (κ3) is 5.51. The van der Waals surface area contributed by atoms with E-state index in [2.05, 4.69) is 15.5 Å². The molecule has 2 aromatic carbocycles. The highest BCUT2D eigenvalue weighted by Crippen LogP contribution is 2.38. The quantitative estimate of drug-likeness (QED) is 0.424. The van der Waals surface area contributed by atoms with Crippen LogP contribution in [0.5, 0.6) is 5.75 Å². The van der Waals surface area contributed by atoms with Gasteiger partial charge in [0.15, 0.2) is 0 Å². The van der Waals surface area contributed by atoms with Gasteiger partial charge < -0.3 is 19.3 Å². The predicted octanol–water partition coefficient (Wildman–Crippen LogP) is 5.20. The summed E-state index contributed by atoms with van der Waals surface area (Å²) >= 11 is 0. The number of allylic oxidation sites excluding steroid dienone is 1. The van der Waals surface area contributed by atoms with Crippen molar-refractivity contribution in [1.29, 1.82) is 0 Å². The molecule has 0 fully saturated rings. The van der Waals surface area contributed by atoms with Crippen molar-refractivity contribution in [2.45, 2.75) is 39.3 Å². The average molecular weight is 481 g/mol. The number of hydrogen-bond acceptors (Lipinski definition) is 6. The van der Waals surface area contributed by atoms with Gasteiger partial charge in [-0.15, -0.1) is 0 Å². The Morgan fingerprint density at radius 3 is 2.69 bits per heavy atom. The molecule has 1 aliphatic heterocycles. The fraction of sp³-hybridized carbons (Fsp3) is 0.346. The van der Waals surface area contributed by atoms with E-state index >= 15 is 0 Å². The van der Waals surface area contributed by atoms with Gasteiger partial charge in [-0.25, -0.2) is 9.18 Å². The van der Waals surface area contributed by atoms with Crippen LogP contribution in [0.15, 0.2) is 58.8 Å². The molecule has 0 saturated carbocycles. The van der Waals surface area contributed by atoms with Crippen molar-refractivity contribution in [3.8, 4) is 17.1 Å². The SMILES string of the molecule is COc1cccc(C2NC(=O)N(CCCOC(C)C)C(C)=C2c2nc(-c3ccc(F)cc3)no2)c1. The van der Waals surface area contributed by atoms with Gasteiger partial charge in [0, 0.05) is 24.4 Å². The zero-order chi connectivity index (χ0) is 24.9. The van der Waals surface area contributed by atoms with Gasteiger partial charge in [-0.1, -0.05) is 17.3 Å². The fourth-order valence-electron chi connectivity index (χ4n) is 3.99.